The van der Waals surface area contributed by atoms with Crippen LogP contribution in [0.1, 0.15) is 10.4 Å². The van der Waals surface area contributed by atoms with Crippen molar-refractivity contribution in [2.45, 2.75) is 4.90 Å². The fourth-order valence-electron chi connectivity index (χ4n) is 2.69. The maximum Gasteiger partial charge on any atom is 0.262 e. The third-order valence-corrected chi connectivity index (χ3v) is 5.84. The van der Waals surface area contributed by atoms with Crippen molar-refractivity contribution in [2.24, 2.45) is 0 Å². The maximum atomic E-state index is 14.6. The molecule has 0 aliphatic rings. The fourth-order valence-corrected chi connectivity index (χ4v) is 3.95. The quantitative estimate of drug-likeness (QED) is 0.535. The third kappa shape index (κ3) is 5.25. The van der Waals surface area contributed by atoms with Gasteiger partial charge in [-0.05, 0) is 48.5 Å². The molecule has 31 heavy (non-hydrogen) atoms. The van der Waals surface area contributed by atoms with Gasteiger partial charge in [-0.1, -0.05) is 17.7 Å². The van der Waals surface area contributed by atoms with E-state index in [1.807, 2.05) is 0 Å². The van der Waals surface area contributed by atoms with E-state index < -0.39 is 21.7 Å². The van der Waals surface area contributed by atoms with Gasteiger partial charge in [-0.15, -0.1) is 0 Å². The predicted molar refractivity (Wildman–Crippen MR) is 116 cm³/mol. The Morgan fingerprint density at radius 1 is 0.968 bits per heavy atom. The van der Waals surface area contributed by atoms with Gasteiger partial charge in [0.05, 0.1) is 30.5 Å². The molecular weight excluding hydrogens is 447 g/mol. The van der Waals surface area contributed by atoms with Crippen LogP contribution in [-0.4, -0.2) is 28.5 Å². The van der Waals surface area contributed by atoms with Crippen LogP contribution >= 0.6 is 11.6 Å². The van der Waals surface area contributed by atoms with Crippen LogP contribution < -0.4 is 19.5 Å². The number of carbonyl (C=O) groups is 1. The van der Waals surface area contributed by atoms with Crippen molar-refractivity contribution in [3.05, 3.63) is 77.1 Å². The zero-order valence-corrected chi connectivity index (χ0v) is 18.1. The molecule has 1 amide bonds. The minimum absolute atomic E-state index is 0.126. The molecular formula is C21H18ClFN2O5S. The number of rotatable bonds is 7. The van der Waals surface area contributed by atoms with E-state index in [1.54, 1.807) is 18.2 Å². The van der Waals surface area contributed by atoms with Gasteiger partial charge in [-0.3, -0.25) is 9.52 Å². The minimum atomic E-state index is -4.15. The molecule has 3 rings (SSSR count). The number of hydrogen-bond acceptors (Lipinski definition) is 5. The largest absolute Gasteiger partial charge is 0.497 e. The molecule has 3 aromatic rings. The number of halogens is 2. The molecule has 3 aromatic carbocycles. The van der Waals surface area contributed by atoms with Crippen LogP contribution in [0.25, 0.3) is 0 Å². The zero-order chi connectivity index (χ0) is 22.6. The highest BCUT2D eigenvalue weighted by Crippen LogP contribution is 2.31. The molecule has 0 atom stereocenters. The summed E-state index contributed by atoms with van der Waals surface area (Å²) in [7, 11) is -1.33. The van der Waals surface area contributed by atoms with Crippen LogP contribution in [0.15, 0.2) is 65.6 Å². The van der Waals surface area contributed by atoms with Crippen LogP contribution in [0, 0.1) is 5.82 Å². The summed E-state index contributed by atoms with van der Waals surface area (Å²) in [6.45, 7) is 0. The van der Waals surface area contributed by atoms with Gasteiger partial charge in [-0.25, -0.2) is 12.8 Å². The van der Waals surface area contributed by atoms with E-state index in [2.05, 4.69) is 10.0 Å². The molecule has 162 valence electrons. The summed E-state index contributed by atoms with van der Waals surface area (Å²) in [5, 5.41) is 2.75. The molecule has 0 aliphatic heterocycles. The molecule has 0 aromatic heterocycles. The van der Waals surface area contributed by atoms with E-state index in [-0.39, 0.29) is 27.6 Å². The summed E-state index contributed by atoms with van der Waals surface area (Å²) in [4.78, 5) is 11.9. The van der Waals surface area contributed by atoms with Crippen molar-refractivity contribution in [1.29, 1.82) is 0 Å². The summed E-state index contributed by atoms with van der Waals surface area (Å²) in [5.41, 5.74) is 0.180. The van der Waals surface area contributed by atoms with Crippen LogP contribution in [0.3, 0.4) is 0 Å². The topological polar surface area (TPSA) is 93.7 Å². The van der Waals surface area contributed by atoms with Crippen LogP contribution in [0.5, 0.6) is 11.5 Å². The molecule has 0 unspecified atom stereocenters. The smallest absolute Gasteiger partial charge is 0.262 e. The molecule has 2 N–H and O–H groups in total. The number of amides is 1. The fraction of sp³-hybridized carbons (Fsp3) is 0.0952. The molecule has 0 saturated heterocycles. The van der Waals surface area contributed by atoms with Gasteiger partial charge in [0.1, 0.15) is 17.3 Å². The Kier molecular flexibility index (Phi) is 6.67. The Morgan fingerprint density at radius 3 is 2.39 bits per heavy atom. The van der Waals surface area contributed by atoms with Gasteiger partial charge < -0.3 is 14.8 Å². The molecule has 7 nitrogen and oxygen atoms in total. The number of hydrogen-bond donors (Lipinski definition) is 2. The summed E-state index contributed by atoms with van der Waals surface area (Å²) in [6.07, 6.45) is 0. The summed E-state index contributed by atoms with van der Waals surface area (Å²) >= 11 is 5.86. The second-order valence-corrected chi connectivity index (χ2v) is 8.40. The van der Waals surface area contributed by atoms with Crippen LogP contribution in [0.4, 0.5) is 15.8 Å². The van der Waals surface area contributed by atoms with Crippen molar-refractivity contribution in [1.82, 2.24) is 0 Å². The van der Waals surface area contributed by atoms with Crippen molar-refractivity contribution < 1.29 is 27.1 Å². The number of carbonyl (C=O) groups excluding carboxylic acids is 1. The van der Waals surface area contributed by atoms with E-state index in [0.29, 0.717) is 10.8 Å². The lowest BCUT2D eigenvalue weighted by molar-refractivity contribution is 0.102. The van der Waals surface area contributed by atoms with Gasteiger partial charge >= 0.3 is 0 Å². The highest BCUT2D eigenvalue weighted by Gasteiger charge is 2.20. The first kappa shape index (κ1) is 22.4. The van der Waals surface area contributed by atoms with E-state index in [4.69, 9.17) is 21.1 Å². The summed E-state index contributed by atoms with van der Waals surface area (Å²) < 4.78 is 52.6. The predicted octanol–water partition coefficient (Wildman–Crippen LogP) is 4.55. The molecule has 10 heteroatoms. The molecule has 0 saturated carbocycles. The molecule has 0 spiro atoms. The lowest BCUT2D eigenvalue weighted by Gasteiger charge is -2.14. The zero-order valence-electron chi connectivity index (χ0n) is 16.5. The normalized spacial score (nSPS) is 11.0. The Labute approximate surface area is 183 Å². The highest BCUT2D eigenvalue weighted by atomic mass is 35.5. The van der Waals surface area contributed by atoms with E-state index in [9.17, 15) is 17.6 Å². The monoisotopic (exact) mass is 464 g/mol. The van der Waals surface area contributed by atoms with Gasteiger partial charge in [0, 0.05) is 16.7 Å². The second kappa shape index (κ2) is 9.23. The number of ether oxygens (including phenoxy) is 2. The Bertz CT molecular complexity index is 1230. The van der Waals surface area contributed by atoms with Crippen molar-refractivity contribution in [3.8, 4) is 11.5 Å². The first-order valence-electron chi connectivity index (χ1n) is 8.85. The van der Waals surface area contributed by atoms with E-state index in [1.165, 1.54) is 44.6 Å². The number of benzene rings is 3. The van der Waals surface area contributed by atoms with Crippen LogP contribution in [0.2, 0.25) is 5.02 Å². The average Bonchev–Trinajstić information content (AvgIpc) is 2.74. The Morgan fingerprint density at radius 2 is 1.74 bits per heavy atom. The summed E-state index contributed by atoms with van der Waals surface area (Å²) in [5.74, 6) is -0.842. The number of methoxy groups -OCH3 is 2. The minimum Gasteiger partial charge on any atom is -0.497 e. The molecule has 0 radical (unpaired) electrons. The van der Waals surface area contributed by atoms with Crippen molar-refractivity contribution >= 4 is 38.9 Å². The lowest BCUT2D eigenvalue weighted by Crippen LogP contribution is -2.16. The van der Waals surface area contributed by atoms with Gasteiger partial charge in [0.25, 0.3) is 15.9 Å². The number of anilines is 2. The molecule has 0 heterocycles. The second-order valence-electron chi connectivity index (χ2n) is 6.28. The average molecular weight is 465 g/mol. The first-order chi connectivity index (χ1) is 14.7. The van der Waals surface area contributed by atoms with E-state index >= 15 is 0 Å². The number of nitrogens with one attached hydrogen (secondary N) is 2. The van der Waals surface area contributed by atoms with Crippen LogP contribution in [-0.2, 0) is 10.0 Å². The molecule has 0 aliphatic carbocycles. The standard InChI is InChI=1S/C21H18ClFN2O5S/c1-29-15-6-9-20(30-2)19(11-15)25-31(27,28)16-7-8-18(17(23)12-16)24-21(26)13-4-3-5-14(22)10-13/h3-12,25H,1-2H3,(H,24,26). The lowest BCUT2D eigenvalue weighted by atomic mass is 10.2. The Balaban J connectivity index is 1.84. The number of sulfonamides is 1. The first-order valence-corrected chi connectivity index (χ1v) is 10.7. The van der Waals surface area contributed by atoms with Gasteiger partial charge in [0.2, 0.25) is 0 Å². The highest BCUT2D eigenvalue weighted by molar-refractivity contribution is 7.92. The van der Waals surface area contributed by atoms with E-state index in [0.717, 1.165) is 12.1 Å². The Hall–Kier alpha value is -3.30. The van der Waals surface area contributed by atoms with Crippen molar-refractivity contribution in [2.75, 3.05) is 24.3 Å². The molecule has 0 bridgehead atoms. The SMILES string of the molecule is COc1ccc(OC)c(NS(=O)(=O)c2ccc(NC(=O)c3cccc(Cl)c3)c(F)c2)c1. The molecule has 0 fully saturated rings. The van der Waals surface area contributed by atoms with Gasteiger partial charge in [-0.2, -0.15) is 0 Å². The maximum absolute atomic E-state index is 14.6. The van der Waals surface area contributed by atoms with Gasteiger partial charge in [0.15, 0.2) is 0 Å². The summed E-state index contributed by atoms with van der Waals surface area (Å²) in [6, 6.07) is 13.8. The third-order valence-electron chi connectivity index (χ3n) is 4.24. The van der Waals surface area contributed by atoms with Crippen molar-refractivity contribution in [3.63, 3.8) is 0 Å².